The Kier molecular flexibility index (Phi) is 4.45. The molecule has 0 bridgehead atoms. The molecule has 0 saturated carbocycles. The minimum atomic E-state index is -4.00. The van der Waals surface area contributed by atoms with Crippen molar-refractivity contribution in [2.45, 2.75) is 24.3 Å². The third-order valence-electron chi connectivity index (χ3n) is 3.54. The van der Waals surface area contributed by atoms with Crippen molar-refractivity contribution >= 4 is 21.4 Å². The summed E-state index contributed by atoms with van der Waals surface area (Å²) >= 11 is 0. The molecule has 0 amide bonds. The number of sulfonamides is 1. The number of anilines is 1. The third-order valence-corrected chi connectivity index (χ3v) is 4.99. The second-order valence-corrected chi connectivity index (χ2v) is 6.70. The molecule has 3 N–H and O–H groups in total. The molecule has 1 fully saturated rings. The van der Waals surface area contributed by atoms with E-state index in [1.165, 1.54) is 6.07 Å². The molecular formula is C12H17N3O5S. The van der Waals surface area contributed by atoms with Gasteiger partial charge in [0, 0.05) is 30.8 Å². The van der Waals surface area contributed by atoms with Crippen molar-refractivity contribution < 1.29 is 18.1 Å². The van der Waals surface area contributed by atoms with E-state index in [0.717, 1.165) is 18.6 Å². The standard InChI is InChI=1S/C12H17N3O5S/c1-8-9(4-5-20-8)7-14-21(18,19)12-6-10(13)2-3-11(12)15(16)17/h2-3,6,8-9,14H,4-5,7,13H2,1H3. The Labute approximate surface area is 122 Å². The average Bonchev–Trinajstić information content (AvgIpc) is 2.81. The summed E-state index contributed by atoms with van der Waals surface area (Å²) in [5.41, 5.74) is 5.19. The molecule has 0 radical (unpaired) electrons. The Morgan fingerprint density at radius 2 is 2.24 bits per heavy atom. The van der Waals surface area contributed by atoms with Gasteiger partial charge in [-0.05, 0) is 25.5 Å². The van der Waals surface area contributed by atoms with E-state index >= 15 is 0 Å². The summed E-state index contributed by atoms with van der Waals surface area (Å²) in [6, 6.07) is 3.48. The summed E-state index contributed by atoms with van der Waals surface area (Å²) in [4.78, 5) is 9.79. The van der Waals surface area contributed by atoms with Gasteiger partial charge in [0.25, 0.3) is 5.69 Å². The molecule has 1 aliphatic heterocycles. The fourth-order valence-corrected chi connectivity index (χ4v) is 3.53. The molecule has 1 heterocycles. The van der Waals surface area contributed by atoms with E-state index in [1.54, 1.807) is 0 Å². The van der Waals surface area contributed by atoms with Gasteiger partial charge in [0.15, 0.2) is 4.90 Å². The van der Waals surface area contributed by atoms with E-state index in [4.69, 9.17) is 10.5 Å². The second-order valence-electron chi connectivity index (χ2n) is 4.96. The molecule has 1 aromatic carbocycles. The predicted molar refractivity (Wildman–Crippen MR) is 76.2 cm³/mol. The van der Waals surface area contributed by atoms with Gasteiger partial charge in [-0.15, -0.1) is 0 Å². The molecule has 2 unspecified atom stereocenters. The van der Waals surface area contributed by atoms with Crippen molar-refractivity contribution in [3.63, 3.8) is 0 Å². The van der Waals surface area contributed by atoms with Crippen molar-refractivity contribution in [3.8, 4) is 0 Å². The predicted octanol–water partition coefficient (Wildman–Crippen LogP) is 0.880. The molecule has 1 aliphatic rings. The quantitative estimate of drug-likeness (QED) is 0.472. The summed E-state index contributed by atoms with van der Waals surface area (Å²) in [7, 11) is -4.00. The van der Waals surface area contributed by atoms with Gasteiger partial charge in [0.2, 0.25) is 10.0 Å². The first-order valence-electron chi connectivity index (χ1n) is 6.46. The minimum Gasteiger partial charge on any atom is -0.399 e. The number of benzene rings is 1. The van der Waals surface area contributed by atoms with Crippen LogP contribution in [0.25, 0.3) is 0 Å². The van der Waals surface area contributed by atoms with Crippen LogP contribution in [0.1, 0.15) is 13.3 Å². The van der Waals surface area contributed by atoms with Gasteiger partial charge >= 0.3 is 0 Å². The fourth-order valence-electron chi connectivity index (χ4n) is 2.24. The number of nitro benzene ring substituents is 1. The lowest BCUT2D eigenvalue weighted by molar-refractivity contribution is -0.387. The van der Waals surface area contributed by atoms with Gasteiger partial charge in [-0.3, -0.25) is 10.1 Å². The van der Waals surface area contributed by atoms with Crippen LogP contribution in [-0.4, -0.2) is 32.6 Å². The zero-order valence-electron chi connectivity index (χ0n) is 11.5. The molecule has 9 heteroatoms. The lowest BCUT2D eigenvalue weighted by Gasteiger charge is -2.15. The van der Waals surface area contributed by atoms with E-state index in [2.05, 4.69) is 4.72 Å². The lowest BCUT2D eigenvalue weighted by Crippen LogP contribution is -2.32. The maximum atomic E-state index is 12.3. The minimum absolute atomic E-state index is 0.0384. The molecular weight excluding hydrogens is 298 g/mol. The molecule has 0 aliphatic carbocycles. The number of nitrogens with zero attached hydrogens (tertiary/aromatic N) is 1. The average molecular weight is 315 g/mol. The van der Waals surface area contributed by atoms with Crippen LogP contribution in [0.3, 0.4) is 0 Å². The second kappa shape index (κ2) is 5.96. The Morgan fingerprint density at radius 3 is 2.81 bits per heavy atom. The number of rotatable bonds is 5. The summed E-state index contributed by atoms with van der Waals surface area (Å²) in [5, 5.41) is 10.9. The fraction of sp³-hybridized carbons (Fsp3) is 0.500. The lowest BCUT2D eigenvalue weighted by atomic mass is 10.0. The number of hydrogen-bond acceptors (Lipinski definition) is 6. The van der Waals surface area contributed by atoms with E-state index in [9.17, 15) is 18.5 Å². The zero-order chi connectivity index (χ0) is 15.6. The van der Waals surface area contributed by atoms with Crippen molar-refractivity contribution in [2.24, 2.45) is 5.92 Å². The van der Waals surface area contributed by atoms with Gasteiger partial charge in [-0.25, -0.2) is 13.1 Å². The molecule has 8 nitrogen and oxygen atoms in total. The zero-order valence-corrected chi connectivity index (χ0v) is 12.3. The molecule has 1 saturated heterocycles. The molecule has 116 valence electrons. The Hall–Kier alpha value is -1.71. The van der Waals surface area contributed by atoms with E-state index < -0.39 is 25.5 Å². The van der Waals surface area contributed by atoms with Gasteiger partial charge in [0.1, 0.15) is 0 Å². The van der Waals surface area contributed by atoms with E-state index in [1.807, 2.05) is 6.92 Å². The Balaban J connectivity index is 2.23. The number of nitrogens with one attached hydrogen (secondary N) is 1. The van der Waals surface area contributed by atoms with Crippen LogP contribution in [0, 0.1) is 16.0 Å². The SMILES string of the molecule is CC1OCCC1CNS(=O)(=O)c1cc(N)ccc1[N+](=O)[O-]. The molecule has 0 spiro atoms. The van der Waals surface area contributed by atoms with Gasteiger partial charge < -0.3 is 10.5 Å². The highest BCUT2D eigenvalue weighted by molar-refractivity contribution is 7.89. The maximum Gasteiger partial charge on any atom is 0.289 e. The number of ether oxygens (including phenoxy) is 1. The van der Waals surface area contributed by atoms with Crippen LogP contribution < -0.4 is 10.5 Å². The smallest absolute Gasteiger partial charge is 0.289 e. The maximum absolute atomic E-state index is 12.3. The van der Waals surface area contributed by atoms with Crippen LogP contribution in [0.5, 0.6) is 0 Å². The van der Waals surface area contributed by atoms with Crippen LogP contribution >= 0.6 is 0 Å². The number of nitrogens with two attached hydrogens (primary N) is 1. The Morgan fingerprint density at radius 1 is 1.52 bits per heavy atom. The summed E-state index contributed by atoms with van der Waals surface area (Å²) in [6.07, 6.45) is 0.714. The third kappa shape index (κ3) is 3.49. The van der Waals surface area contributed by atoms with Crippen molar-refractivity contribution in [2.75, 3.05) is 18.9 Å². The van der Waals surface area contributed by atoms with Crippen molar-refractivity contribution in [1.82, 2.24) is 4.72 Å². The van der Waals surface area contributed by atoms with Crippen molar-refractivity contribution in [1.29, 1.82) is 0 Å². The van der Waals surface area contributed by atoms with Crippen LogP contribution in [0.15, 0.2) is 23.1 Å². The molecule has 0 aromatic heterocycles. The van der Waals surface area contributed by atoms with Gasteiger partial charge in [-0.1, -0.05) is 0 Å². The first-order valence-corrected chi connectivity index (χ1v) is 7.95. The summed E-state index contributed by atoms with van der Waals surface area (Å²) < 4.78 is 32.3. The summed E-state index contributed by atoms with van der Waals surface area (Å²) in [5.74, 6) is 0.0555. The first kappa shape index (κ1) is 15.7. The van der Waals surface area contributed by atoms with Crippen molar-refractivity contribution in [3.05, 3.63) is 28.3 Å². The Bertz CT molecular complexity index is 646. The van der Waals surface area contributed by atoms with Gasteiger partial charge in [0.05, 0.1) is 11.0 Å². The monoisotopic (exact) mass is 315 g/mol. The molecule has 21 heavy (non-hydrogen) atoms. The van der Waals surface area contributed by atoms with Crippen LogP contribution in [0.4, 0.5) is 11.4 Å². The topological polar surface area (TPSA) is 125 Å². The summed E-state index contributed by atoms with van der Waals surface area (Å²) in [6.45, 7) is 2.64. The highest BCUT2D eigenvalue weighted by atomic mass is 32.2. The normalized spacial score (nSPS) is 22.3. The first-order chi connectivity index (χ1) is 9.81. The molecule has 2 atom stereocenters. The molecule has 2 rings (SSSR count). The highest BCUT2D eigenvalue weighted by Gasteiger charge is 2.29. The molecule has 1 aromatic rings. The number of nitro groups is 1. The van der Waals surface area contributed by atoms with Crippen LogP contribution in [-0.2, 0) is 14.8 Å². The number of nitrogen functional groups attached to an aromatic ring is 1. The van der Waals surface area contributed by atoms with E-state index in [0.29, 0.717) is 6.61 Å². The largest absolute Gasteiger partial charge is 0.399 e. The van der Waals surface area contributed by atoms with Gasteiger partial charge in [-0.2, -0.15) is 0 Å². The number of hydrogen-bond donors (Lipinski definition) is 2. The van der Waals surface area contributed by atoms with Crippen LogP contribution in [0.2, 0.25) is 0 Å². The highest BCUT2D eigenvalue weighted by Crippen LogP contribution is 2.26. The van der Waals surface area contributed by atoms with E-state index in [-0.39, 0.29) is 24.3 Å².